The Balaban J connectivity index is 1.83. The zero-order chi connectivity index (χ0) is 22.8. The van der Waals surface area contributed by atoms with Gasteiger partial charge in [-0.1, -0.05) is 38.2 Å². The number of rotatable bonds is 8. The van der Waals surface area contributed by atoms with E-state index in [-0.39, 0.29) is 0 Å². The molecule has 1 fully saturated rings. The van der Waals surface area contributed by atoms with Gasteiger partial charge in [0.25, 0.3) is 0 Å². The van der Waals surface area contributed by atoms with Crippen molar-refractivity contribution in [1.82, 2.24) is 15.2 Å². The molecule has 7 heteroatoms. The summed E-state index contributed by atoms with van der Waals surface area (Å²) in [5.41, 5.74) is 2.09. The summed E-state index contributed by atoms with van der Waals surface area (Å²) in [4.78, 5) is 6.45. The molecule has 0 amide bonds. The van der Waals surface area contributed by atoms with Crippen molar-refractivity contribution in [2.75, 3.05) is 21.3 Å². The van der Waals surface area contributed by atoms with Crippen LogP contribution in [0.5, 0.6) is 17.2 Å². The second-order valence-corrected chi connectivity index (χ2v) is 8.59. The summed E-state index contributed by atoms with van der Waals surface area (Å²) in [6.07, 6.45) is 12.5. The van der Waals surface area contributed by atoms with Gasteiger partial charge in [-0.3, -0.25) is 4.98 Å². The van der Waals surface area contributed by atoms with Gasteiger partial charge < -0.3 is 24.4 Å². The molecule has 0 bridgehead atoms. The minimum atomic E-state index is 0.423. The van der Waals surface area contributed by atoms with Crippen molar-refractivity contribution in [1.29, 1.82) is 0 Å². The predicted octanol–water partition coefficient (Wildman–Crippen LogP) is 5.10. The maximum absolute atomic E-state index is 5.92. The first-order valence-electron chi connectivity index (χ1n) is 11.4. The highest BCUT2D eigenvalue weighted by atomic mass is 32.1. The molecule has 1 aromatic carbocycles. The minimum Gasteiger partial charge on any atom is -0.493 e. The molecule has 6 nitrogen and oxygen atoms in total. The van der Waals surface area contributed by atoms with Crippen LogP contribution in [0.2, 0.25) is 0 Å². The van der Waals surface area contributed by atoms with Gasteiger partial charge in [0.2, 0.25) is 5.75 Å². The number of nitrogens with one attached hydrogen (secondary N) is 1. The van der Waals surface area contributed by atoms with Gasteiger partial charge in [-0.2, -0.15) is 0 Å². The number of nitrogens with zero attached hydrogens (tertiary/aromatic N) is 2. The fraction of sp³-hybridized carbons (Fsp3) is 0.520. The molecular formula is C25H35N3O3S. The third-order valence-corrected chi connectivity index (χ3v) is 6.34. The summed E-state index contributed by atoms with van der Waals surface area (Å²) in [5, 5.41) is 4.42. The third kappa shape index (κ3) is 6.48. The maximum Gasteiger partial charge on any atom is 0.203 e. The number of thiocarbonyl (C=S) groups is 1. The van der Waals surface area contributed by atoms with Crippen molar-refractivity contribution >= 4 is 17.3 Å². The number of aromatic nitrogens is 1. The fourth-order valence-corrected chi connectivity index (χ4v) is 4.57. The second-order valence-electron chi connectivity index (χ2n) is 8.20. The van der Waals surface area contributed by atoms with Crippen molar-refractivity contribution in [3.63, 3.8) is 0 Å². The average molecular weight is 458 g/mol. The molecule has 1 saturated carbocycles. The molecule has 1 aliphatic carbocycles. The van der Waals surface area contributed by atoms with Gasteiger partial charge >= 0.3 is 0 Å². The number of benzene rings is 1. The average Bonchev–Trinajstić information content (AvgIpc) is 2.80. The van der Waals surface area contributed by atoms with Crippen molar-refractivity contribution < 1.29 is 14.2 Å². The smallest absolute Gasteiger partial charge is 0.203 e. The topological polar surface area (TPSA) is 55.9 Å². The van der Waals surface area contributed by atoms with Crippen molar-refractivity contribution in [2.45, 2.75) is 64.1 Å². The van der Waals surface area contributed by atoms with E-state index in [4.69, 9.17) is 26.4 Å². The molecule has 3 rings (SSSR count). The minimum absolute atomic E-state index is 0.423. The van der Waals surface area contributed by atoms with Gasteiger partial charge in [-0.25, -0.2) is 0 Å². The Morgan fingerprint density at radius 2 is 1.69 bits per heavy atom. The van der Waals surface area contributed by atoms with E-state index in [9.17, 15) is 0 Å². The first-order valence-corrected chi connectivity index (χ1v) is 11.8. The number of hydrogen-bond donors (Lipinski definition) is 1. The highest BCUT2D eigenvalue weighted by Gasteiger charge is 2.21. The maximum atomic E-state index is 5.92. The number of hydrogen-bond acceptors (Lipinski definition) is 5. The fourth-order valence-electron chi connectivity index (χ4n) is 4.27. The Morgan fingerprint density at radius 3 is 2.31 bits per heavy atom. The van der Waals surface area contributed by atoms with Crippen LogP contribution in [-0.2, 0) is 13.1 Å². The van der Waals surface area contributed by atoms with E-state index >= 15 is 0 Å². The van der Waals surface area contributed by atoms with Crippen LogP contribution >= 0.6 is 12.2 Å². The lowest BCUT2D eigenvalue weighted by Gasteiger charge is -2.31. The standard InChI is InChI=1S/C25H35N3O3S/c1-29-22-14-13-20(23(30-2)24(22)31-3)18-28(17-19-10-9-15-26-16-19)25(32)27-21-11-7-5-4-6-8-12-21/h9-10,13-16,21H,4-8,11-12,17-18H2,1-3H3,(H,27,32). The van der Waals surface area contributed by atoms with Crippen LogP contribution in [0.1, 0.15) is 56.1 Å². The SMILES string of the molecule is COc1ccc(CN(Cc2cccnc2)C(=S)NC2CCCCCCC2)c(OC)c1OC. The van der Waals surface area contributed by atoms with Gasteiger partial charge in [-0.05, 0) is 48.8 Å². The summed E-state index contributed by atoms with van der Waals surface area (Å²) >= 11 is 5.92. The summed E-state index contributed by atoms with van der Waals surface area (Å²) < 4.78 is 16.7. The van der Waals surface area contributed by atoms with Crippen LogP contribution in [-0.4, -0.2) is 42.4 Å². The Hall–Kier alpha value is -2.54. The van der Waals surface area contributed by atoms with Gasteiger partial charge in [0.05, 0.1) is 21.3 Å². The highest BCUT2D eigenvalue weighted by Crippen LogP contribution is 2.40. The molecule has 1 aliphatic rings. The highest BCUT2D eigenvalue weighted by molar-refractivity contribution is 7.80. The van der Waals surface area contributed by atoms with Crippen LogP contribution in [0.15, 0.2) is 36.7 Å². The molecule has 1 heterocycles. The molecule has 2 aromatic rings. The lowest BCUT2D eigenvalue weighted by atomic mass is 9.97. The number of pyridine rings is 1. The van der Waals surface area contributed by atoms with E-state index < -0.39 is 0 Å². The molecule has 1 N–H and O–H groups in total. The third-order valence-electron chi connectivity index (χ3n) is 5.96. The van der Waals surface area contributed by atoms with Gasteiger partial charge in [0.15, 0.2) is 16.6 Å². The largest absolute Gasteiger partial charge is 0.493 e. The van der Waals surface area contributed by atoms with E-state index in [1.807, 2.05) is 24.4 Å². The second kappa shape index (κ2) is 12.5. The van der Waals surface area contributed by atoms with Crippen molar-refractivity contribution in [2.24, 2.45) is 0 Å². The van der Waals surface area contributed by atoms with E-state index in [1.54, 1.807) is 27.5 Å². The first kappa shape index (κ1) is 24.1. The van der Waals surface area contributed by atoms with E-state index in [1.165, 1.54) is 44.9 Å². The van der Waals surface area contributed by atoms with Crippen LogP contribution < -0.4 is 19.5 Å². The first-order chi connectivity index (χ1) is 15.7. The molecule has 0 radical (unpaired) electrons. The lowest BCUT2D eigenvalue weighted by Crippen LogP contribution is -2.44. The monoisotopic (exact) mass is 457 g/mol. The Morgan fingerprint density at radius 1 is 0.969 bits per heavy atom. The van der Waals surface area contributed by atoms with Crippen LogP contribution in [0, 0.1) is 0 Å². The van der Waals surface area contributed by atoms with Crippen LogP contribution in [0.3, 0.4) is 0 Å². The Bertz CT molecular complexity index is 855. The Kier molecular flexibility index (Phi) is 9.41. The summed E-state index contributed by atoms with van der Waals surface area (Å²) in [6, 6.07) is 8.37. The molecule has 174 valence electrons. The zero-order valence-corrected chi connectivity index (χ0v) is 20.2. The lowest BCUT2D eigenvalue weighted by molar-refractivity contribution is 0.315. The molecule has 0 saturated heterocycles. The molecule has 0 atom stereocenters. The van der Waals surface area contributed by atoms with E-state index in [2.05, 4.69) is 21.3 Å². The molecule has 0 aliphatic heterocycles. The zero-order valence-electron chi connectivity index (χ0n) is 19.4. The normalized spacial score (nSPS) is 14.7. The molecule has 1 aromatic heterocycles. The molecule has 0 unspecified atom stereocenters. The summed E-state index contributed by atoms with van der Waals surface area (Å²) in [7, 11) is 4.90. The van der Waals surface area contributed by atoms with Crippen molar-refractivity contribution in [3.8, 4) is 17.2 Å². The van der Waals surface area contributed by atoms with Gasteiger partial charge in [0.1, 0.15) is 0 Å². The quantitative estimate of drug-likeness (QED) is 0.554. The van der Waals surface area contributed by atoms with Gasteiger partial charge in [-0.15, -0.1) is 0 Å². The molecule has 32 heavy (non-hydrogen) atoms. The summed E-state index contributed by atoms with van der Waals surface area (Å²) in [6.45, 7) is 1.24. The van der Waals surface area contributed by atoms with Crippen molar-refractivity contribution in [3.05, 3.63) is 47.8 Å². The van der Waals surface area contributed by atoms with Crippen LogP contribution in [0.4, 0.5) is 0 Å². The van der Waals surface area contributed by atoms with E-state index in [0.717, 1.165) is 16.2 Å². The van der Waals surface area contributed by atoms with Gasteiger partial charge in [0, 0.05) is 37.1 Å². The molecular weight excluding hydrogens is 422 g/mol. The molecule has 0 spiro atoms. The number of ether oxygens (including phenoxy) is 3. The number of methoxy groups -OCH3 is 3. The van der Waals surface area contributed by atoms with E-state index in [0.29, 0.717) is 36.4 Å². The van der Waals surface area contributed by atoms with Crippen LogP contribution in [0.25, 0.3) is 0 Å². The predicted molar refractivity (Wildman–Crippen MR) is 131 cm³/mol. The summed E-state index contributed by atoms with van der Waals surface area (Å²) in [5.74, 6) is 1.90. The Labute approximate surface area is 197 Å².